The van der Waals surface area contributed by atoms with E-state index >= 15 is 0 Å². The first-order chi connectivity index (χ1) is 17.6. The fourth-order valence-electron chi connectivity index (χ4n) is 3.08. The van der Waals surface area contributed by atoms with Gasteiger partial charge in [0.25, 0.3) is 0 Å². The molecule has 0 aliphatic heterocycles. The topological polar surface area (TPSA) is 70.4 Å². The highest BCUT2D eigenvalue weighted by Gasteiger charge is 2.29. The Morgan fingerprint density at radius 1 is 1.08 bits per heavy atom. The van der Waals surface area contributed by atoms with Gasteiger partial charge in [0.05, 0.1) is 7.11 Å². The Bertz CT molecular complexity index is 1240. The van der Waals surface area contributed by atoms with Gasteiger partial charge in [0, 0.05) is 28.6 Å². The molecule has 0 spiro atoms. The van der Waals surface area contributed by atoms with Crippen molar-refractivity contribution in [3.05, 3.63) is 77.5 Å². The number of pyridine rings is 1. The second-order valence-corrected chi connectivity index (χ2v) is 8.48. The number of nitrogens with one attached hydrogen (secondary N) is 2. The maximum atomic E-state index is 11.0. The average Bonchev–Trinajstić information content (AvgIpc) is 2.88. The normalized spacial score (nSPS) is 11.6. The van der Waals surface area contributed by atoms with Crippen LogP contribution in [-0.4, -0.2) is 30.2 Å². The van der Waals surface area contributed by atoms with Crippen LogP contribution in [0.1, 0.15) is 33.6 Å². The molecule has 0 bridgehead atoms. The molecule has 3 rings (SSSR count). The lowest BCUT2D eigenvalue weighted by atomic mass is 9.96. The zero-order valence-corrected chi connectivity index (χ0v) is 21.9. The summed E-state index contributed by atoms with van der Waals surface area (Å²) in [5.74, 6) is 1.48. The second-order valence-electron chi connectivity index (χ2n) is 8.04. The van der Waals surface area contributed by atoms with Crippen LogP contribution in [0, 0.1) is 5.41 Å². The summed E-state index contributed by atoms with van der Waals surface area (Å²) in [6, 6.07) is 17.7. The lowest BCUT2D eigenvalue weighted by molar-refractivity contribution is -0.0599. The molecule has 37 heavy (non-hydrogen) atoms. The third kappa shape index (κ3) is 9.38. The van der Waals surface area contributed by atoms with E-state index < -0.39 is 11.9 Å². The summed E-state index contributed by atoms with van der Waals surface area (Å²) in [6.07, 6.45) is 3.32. The van der Waals surface area contributed by atoms with Gasteiger partial charge in [0.1, 0.15) is 17.3 Å². The number of anilines is 1. The fraction of sp³-hybridized carbons (Fsp3) is 0.250. The van der Waals surface area contributed by atoms with E-state index in [0.717, 1.165) is 40.8 Å². The fourth-order valence-corrected chi connectivity index (χ4v) is 3.21. The van der Waals surface area contributed by atoms with Crippen molar-refractivity contribution in [2.75, 3.05) is 12.5 Å². The standard InChI is InChI=1S/C25H26ClN3O.C3H4F3N/c1-4-18(2)8-7-15-28-29-25-16-22(19-11-13-20(26)14-12-19)23(17-27-25)21-9-5-6-10-24(21)30-3;1-2(7)3(4,5)6/h4-6,9-17H,7-8H2,1-3H3,(H,27,29);7H,1H3/b18-4-,28-15+;. The Balaban J connectivity index is 0.000000604. The molecule has 1 heterocycles. The first-order valence-corrected chi connectivity index (χ1v) is 11.9. The van der Waals surface area contributed by atoms with Gasteiger partial charge in [0.2, 0.25) is 0 Å². The summed E-state index contributed by atoms with van der Waals surface area (Å²) in [5, 5.41) is 11.0. The van der Waals surface area contributed by atoms with Gasteiger partial charge in [-0.15, -0.1) is 0 Å². The van der Waals surface area contributed by atoms with E-state index in [1.807, 2.05) is 67.0 Å². The molecule has 0 fully saturated rings. The van der Waals surface area contributed by atoms with Crippen LogP contribution in [0.3, 0.4) is 0 Å². The van der Waals surface area contributed by atoms with Crippen molar-refractivity contribution in [2.45, 2.75) is 39.8 Å². The molecule has 0 radical (unpaired) electrons. The number of ether oxygens (including phenoxy) is 1. The molecule has 3 aromatic rings. The molecule has 0 saturated carbocycles. The van der Waals surface area contributed by atoms with Gasteiger partial charge in [0.15, 0.2) is 0 Å². The lowest BCUT2D eigenvalue weighted by Gasteiger charge is -2.14. The number of halogens is 4. The smallest absolute Gasteiger partial charge is 0.428 e. The molecule has 1 aromatic heterocycles. The number of nitrogens with zero attached hydrogens (tertiary/aromatic N) is 2. The maximum Gasteiger partial charge on any atom is 0.428 e. The van der Waals surface area contributed by atoms with Gasteiger partial charge in [-0.2, -0.15) is 18.3 Å². The first-order valence-electron chi connectivity index (χ1n) is 11.5. The number of para-hydroxylation sites is 1. The van der Waals surface area contributed by atoms with Crippen LogP contribution < -0.4 is 10.2 Å². The zero-order valence-electron chi connectivity index (χ0n) is 21.2. The molecule has 196 valence electrons. The van der Waals surface area contributed by atoms with Gasteiger partial charge in [-0.05, 0) is 69.0 Å². The van der Waals surface area contributed by atoms with Crippen LogP contribution in [0.25, 0.3) is 22.3 Å². The zero-order chi connectivity index (χ0) is 27.4. The molecule has 0 saturated heterocycles. The van der Waals surface area contributed by atoms with Crippen LogP contribution in [0.15, 0.2) is 77.5 Å². The molecule has 5 nitrogen and oxygen atoms in total. The summed E-state index contributed by atoms with van der Waals surface area (Å²) in [6.45, 7) is 4.88. The van der Waals surface area contributed by atoms with E-state index in [1.54, 1.807) is 7.11 Å². The van der Waals surface area contributed by atoms with E-state index in [1.165, 1.54) is 5.57 Å². The minimum Gasteiger partial charge on any atom is -0.496 e. The molecular weight excluding hydrogens is 501 g/mol. The average molecular weight is 531 g/mol. The SMILES string of the molecule is C/C=C(/C)CC/C=N/Nc1cc(-c2ccc(Cl)cc2)c(-c2ccccc2OC)cn1.CC(=N)C(F)(F)F. The molecular formula is C28H30ClF3N4O. The number of hydrazone groups is 1. The van der Waals surface area contributed by atoms with E-state index in [9.17, 15) is 13.2 Å². The van der Waals surface area contributed by atoms with Crippen molar-refractivity contribution in [1.82, 2.24) is 4.98 Å². The molecule has 2 N–H and O–H groups in total. The number of aromatic nitrogens is 1. The molecule has 0 unspecified atom stereocenters. The number of methoxy groups -OCH3 is 1. The van der Waals surface area contributed by atoms with Gasteiger partial charge in [-0.3, -0.25) is 5.43 Å². The number of hydrogen-bond acceptors (Lipinski definition) is 5. The summed E-state index contributed by atoms with van der Waals surface area (Å²) in [4.78, 5) is 4.57. The largest absolute Gasteiger partial charge is 0.496 e. The lowest BCUT2D eigenvalue weighted by Crippen LogP contribution is -2.17. The van der Waals surface area contributed by atoms with Gasteiger partial charge < -0.3 is 10.1 Å². The number of benzene rings is 2. The van der Waals surface area contributed by atoms with Gasteiger partial charge in [-0.25, -0.2) is 4.98 Å². The van der Waals surface area contributed by atoms with E-state index in [4.69, 9.17) is 21.7 Å². The van der Waals surface area contributed by atoms with Crippen molar-refractivity contribution in [3.8, 4) is 28.0 Å². The highest BCUT2D eigenvalue weighted by atomic mass is 35.5. The van der Waals surface area contributed by atoms with Crippen LogP contribution >= 0.6 is 11.6 Å². The van der Waals surface area contributed by atoms with Crippen molar-refractivity contribution in [2.24, 2.45) is 5.10 Å². The summed E-state index contributed by atoms with van der Waals surface area (Å²) >= 11 is 6.10. The summed E-state index contributed by atoms with van der Waals surface area (Å²) in [5.41, 5.74) is 7.16. The molecule has 9 heteroatoms. The van der Waals surface area contributed by atoms with Gasteiger partial charge in [-0.1, -0.05) is 53.6 Å². The Hall–Kier alpha value is -3.65. The second kappa shape index (κ2) is 14.2. The maximum absolute atomic E-state index is 11.0. The number of alkyl halides is 3. The quantitative estimate of drug-likeness (QED) is 0.174. The number of allylic oxidation sites excluding steroid dienone is 2. The van der Waals surface area contributed by atoms with E-state index in [-0.39, 0.29) is 0 Å². The minimum absolute atomic E-state index is 0.678. The summed E-state index contributed by atoms with van der Waals surface area (Å²) in [7, 11) is 1.67. The molecule has 0 aliphatic carbocycles. The van der Waals surface area contributed by atoms with Crippen molar-refractivity contribution in [3.63, 3.8) is 0 Å². The molecule has 2 aromatic carbocycles. The minimum atomic E-state index is -4.42. The Morgan fingerprint density at radius 2 is 1.73 bits per heavy atom. The molecule has 0 amide bonds. The number of hydrogen-bond donors (Lipinski definition) is 2. The van der Waals surface area contributed by atoms with Crippen LogP contribution in [-0.2, 0) is 0 Å². The predicted molar refractivity (Wildman–Crippen MR) is 147 cm³/mol. The molecule has 0 aliphatic rings. The monoisotopic (exact) mass is 530 g/mol. The summed E-state index contributed by atoms with van der Waals surface area (Å²) < 4.78 is 38.4. The van der Waals surface area contributed by atoms with Crippen LogP contribution in [0.4, 0.5) is 19.0 Å². The Kier molecular flexibility index (Phi) is 11.3. The molecule has 0 atom stereocenters. The van der Waals surface area contributed by atoms with E-state index in [2.05, 4.69) is 35.4 Å². The highest BCUT2D eigenvalue weighted by Crippen LogP contribution is 2.38. The van der Waals surface area contributed by atoms with Crippen molar-refractivity contribution in [1.29, 1.82) is 5.41 Å². The van der Waals surface area contributed by atoms with Crippen LogP contribution in [0.2, 0.25) is 5.02 Å². The van der Waals surface area contributed by atoms with Crippen molar-refractivity contribution < 1.29 is 17.9 Å². The van der Waals surface area contributed by atoms with Crippen molar-refractivity contribution >= 4 is 29.3 Å². The predicted octanol–water partition coefficient (Wildman–Crippen LogP) is 8.81. The van der Waals surface area contributed by atoms with E-state index in [0.29, 0.717) is 17.8 Å². The van der Waals surface area contributed by atoms with Crippen LogP contribution in [0.5, 0.6) is 5.75 Å². The third-order valence-corrected chi connectivity index (χ3v) is 5.56. The first kappa shape index (κ1) is 29.6. The third-order valence-electron chi connectivity index (χ3n) is 5.31. The van der Waals surface area contributed by atoms with Gasteiger partial charge >= 0.3 is 6.18 Å². The Morgan fingerprint density at radius 3 is 2.32 bits per heavy atom. The Labute approximate surface area is 220 Å². The number of rotatable bonds is 8. The highest BCUT2D eigenvalue weighted by molar-refractivity contribution is 6.30.